The molecule has 0 fully saturated rings. The van der Waals surface area contributed by atoms with Gasteiger partial charge >= 0.3 is 5.97 Å². The fourth-order valence-corrected chi connectivity index (χ4v) is 1.10. The molecule has 0 amide bonds. The summed E-state index contributed by atoms with van der Waals surface area (Å²) < 4.78 is 30.1. The van der Waals surface area contributed by atoms with E-state index in [9.17, 15) is 13.6 Å². The van der Waals surface area contributed by atoms with Crippen molar-refractivity contribution in [3.05, 3.63) is 28.3 Å². The summed E-state index contributed by atoms with van der Waals surface area (Å²) in [6, 6.07) is 0.693. The molecular weight excluding hydrogens is 216 g/mol. The zero-order valence-electron chi connectivity index (χ0n) is 7.11. The number of nitrogen functional groups attached to an aromatic ring is 1. The van der Waals surface area contributed by atoms with Crippen LogP contribution in [0.2, 0.25) is 5.02 Å². The minimum Gasteiger partial charge on any atom is -0.465 e. The third-order valence-electron chi connectivity index (χ3n) is 1.60. The molecule has 3 nitrogen and oxygen atoms in total. The van der Waals surface area contributed by atoms with Crippen LogP contribution < -0.4 is 5.73 Å². The van der Waals surface area contributed by atoms with Crippen molar-refractivity contribution in [2.75, 3.05) is 12.8 Å². The number of hydrogen-bond acceptors (Lipinski definition) is 3. The third-order valence-corrected chi connectivity index (χ3v) is 1.91. The minimum absolute atomic E-state index is 0.232. The summed E-state index contributed by atoms with van der Waals surface area (Å²) in [6.45, 7) is 0. The van der Waals surface area contributed by atoms with E-state index < -0.39 is 23.2 Å². The van der Waals surface area contributed by atoms with Gasteiger partial charge in [-0.05, 0) is 6.07 Å². The average Bonchev–Trinajstić information content (AvgIpc) is 2.15. The third kappa shape index (κ3) is 1.63. The summed E-state index contributed by atoms with van der Waals surface area (Å²) in [5.41, 5.74) is 4.27. The number of methoxy groups -OCH3 is 1. The monoisotopic (exact) mass is 221 g/mol. The van der Waals surface area contributed by atoms with E-state index in [0.29, 0.717) is 6.07 Å². The smallest absolute Gasteiger partial charge is 0.343 e. The molecular formula is C8H6ClF2NO2. The zero-order chi connectivity index (χ0) is 10.9. The lowest BCUT2D eigenvalue weighted by molar-refractivity contribution is 0.0595. The van der Waals surface area contributed by atoms with Crippen molar-refractivity contribution in [1.82, 2.24) is 0 Å². The van der Waals surface area contributed by atoms with E-state index >= 15 is 0 Å². The fraction of sp³-hybridized carbons (Fsp3) is 0.125. The molecule has 0 aliphatic rings. The summed E-state index contributed by atoms with van der Waals surface area (Å²) in [7, 11) is 1.03. The Morgan fingerprint density at radius 1 is 1.57 bits per heavy atom. The Hall–Kier alpha value is -1.36. The first-order valence-corrected chi connectivity index (χ1v) is 3.88. The maximum absolute atomic E-state index is 13.1. The first kappa shape index (κ1) is 10.7. The lowest BCUT2D eigenvalue weighted by atomic mass is 10.1. The van der Waals surface area contributed by atoms with E-state index in [4.69, 9.17) is 17.3 Å². The van der Waals surface area contributed by atoms with Gasteiger partial charge in [-0.25, -0.2) is 13.6 Å². The molecule has 14 heavy (non-hydrogen) atoms. The van der Waals surface area contributed by atoms with Gasteiger partial charge in [0, 0.05) is 0 Å². The first-order chi connectivity index (χ1) is 6.49. The SMILES string of the molecule is COC(=O)c1c(N)c(Cl)cc(F)c1F. The highest BCUT2D eigenvalue weighted by atomic mass is 35.5. The minimum atomic E-state index is -1.36. The standard InChI is InChI=1S/C8H6ClF2NO2/c1-14-8(13)5-6(11)4(10)2-3(9)7(5)12/h2H,12H2,1H3. The van der Waals surface area contributed by atoms with Gasteiger partial charge in [-0.15, -0.1) is 0 Å². The van der Waals surface area contributed by atoms with Gasteiger partial charge in [0.25, 0.3) is 0 Å². The molecule has 0 aliphatic carbocycles. The topological polar surface area (TPSA) is 52.3 Å². The van der Waals surface area contributed by atoms with E-state index in [1.165, 1.54) is 0 Å². The average molecular weight is 222 g/mol. The molecule has 0 bridgehead atoms. The van der Waals surface area contributed by atoms with Crippen LogP contribution in [0.3, 0.4) is 0 Å². The number of esters is 1. The van der Waals surface area contributed by atoms with Gasteiger partial charge in [-0.3, -0.25) is 0 Å². The zero-order valence-corrected chi connectivity index (χ0v) is 7.86. The molecule has 1 aromatic carbocycles. The Morgan fingerprint density at radius 3 is 2.64 bits per heavy atom. The summed E-state index contributed by atoms with van der Waals surface area (Å²) in [6.07, 6.45) is 0. The molecule has 0 saturated heterocycles. The van der Waals surface area contributed by atoms with Crippen molar-refractivity contribution in [2.45, 2.75) is 0 Å². The molecule has 0 spiro atoms. The number of carbonyl (C=O) groups is 1. The highest BCUT2D eigenvalue weighted by Crippen LogP contribution is 2.27. The van der Waals surface area contributed by atoms with Crippen LogP contribution in [-0.2, 0) is 4.74 Å². The predicted octanol–water partition coefficient (Wildman–Crippen LogP) is 1.99. The number of hydrogen-bond donors (Lipinski definition) is 1. The summed E-state index contributed by atoms with van der Waals surface area (Å²) >= 11 is 5.45. The highest BCUT2D eigenvalue weighted by molar-refractivity contribution is 6.33. The second-order valence-corrected chi connectivity index (χ2v) is 2.84. The molecule has 0 heterocycles. The number of carbonyl (C=O) groups excluding carboxylic acids is 1. The molecule has 1 aromatic rings. The van der Waals surface area contributed by atoms with Crippen LogP contribution in [0.1, 0.15) is 10.4 Å². The van der Waals surface area contributed by atoms with Crippen LogP contribution in [0, 0.1) is 11.6 Å². The van der Waals surface area contributed by atoms with Gasteiger partial charge in [0.15, 0.2) is 11.6 Å². The van der Waals surface area contributed by atoms with Crippen LogP contribution in [0.15, 0.2) is 6.07 Å². The van der Waals surface area contributed by atoms with Gasteiger partial charge in [0.05, 0.1) is 17.8 Å². The quantitative estimate of drug-likeness (QED) is 0.448. The molecule has 0 unspecified atom stereocenters. The number of benzene rings is 1. The highest BCUT2D eigenvalue weighted by Gasteiger charge is 2.22. The molecule has 6 heteroatoms. The van der Waals surface area contributed by atoms with E-state index in [0.717, 1.165) is 7.11 Å². The molecule has 0 saturated carbocycles. The summed E-state index contributed by atoms with van der Waals surface area (Å²) in [5, 5.41) is -0.232. The van der Waals surface area contributed by atoms with Crippen LogP contribution in [0.25, 0.3) is 0 Å². The number of anilines is 1. The molecule has 0 aliphatic heterocycles. The van der Waals surface area contributed by atoms with E-state index in [1.807, 2.05) is 0 Å². The van der Waals surface area contributed by atoms with Crippen molar-refractivity contribution in [3.63, 3.8) is 0 Å². The number of nitrogens with two attached hydrogens (primary N) is 1. The van der Waals surface area contributed by atoms with E-state index in [-0.39, 0.29) is 10.7 Å². The van der Waals surface area contributed by atoms with Gasteiger partial charge < -0.3 is 10.5 Å². The Bertz CT molecular complexity index is 369. The fourth-order valence-electron chi connectivity index (χ4n) is 0.911. The van der Waals surface area contributed by atoms with Crippen molar-refractivity contribution in [3.8, 4) is 0 Å². The largest absolute Gasteiger partial charge is 0.465 e. The van der Waals surface area contributed by atoms with Gasteiger partial charge in [-0.2, -0.15) is 0 Å². The molecule has 1 rings (SSSR count). The lowest BCUT2D eigenvalue weighted by Crippen LogP contribution is -2.10. The van der Waals surface area contributed by atoms with Crippen LogP contribution >= 0.6 is 11.6 Å². The van der Waals surface area contributed by atoms with Crippen LogP contribution in [0.4, 0.5) is 14.5 Å². The maximum Gasteiger partial charge on any atom is 0.343 e. The number of rotatable bonds is 1. The summed E-state index contributed by atoms with van der Waals surface area (Å²) in [4.78, 5) is 11.0. The Morgan fingerprint density at radius 2 is 2.14 bits per heavy atom. The number of ether oxygens (including phenoxy) is 1. The predicted molar refractivity (Wildman–Crippen MR) is 47.1 cm³/mol. The van der Waals surface area contributed by atoms with E-state index in [1.54, 1.807) is 0 Å². The van der Waals surface area contributed by atoms with Gasteiger partial charge in [0.2, 0.25) is 0 Å². The maximum atomic E-state index is 13.1. The van der Waals surface area contributed by atoms with Crippen LogP contribution in [0.5, 0.6) is 0 Å². The van der Waals surface area contributed by atoms with Crippen molar-refractivity contribution in [2.24, 2.45) is 0 Å². The van der Waals surface area contributed by atoms with E-state index in [2.05, 4.69) is 4.74 Å². The molecule has 2 N–H and O–H groups in total. The second-order valence-electron chi connectivity index (χ2n) is 2.43. The molecule has 76 valence electrons. The van der Waals surface area contributed by atoms with Crippen molar-refractivity contribution < 1.29 is 18.3 Å². The Balaban J connectivity index is 3.47. The normalized spacial score (nSPS) is 10.0. The Labute approximate surface area is 83.4 Å². The molecule has 0 atom stereocenters. The first-order valence-electron chi connectivity index (χ1n) is 3.50. The van der Waals surface area contributed by atoms with Gasteiger partial charge in [0.1, 0.15) is 5.56 Å². The Kier molecular flexibility index (Phi) is 2.90. The van der Waals surface area contributed by atoms with Gasteiger partial charge in [-0.1, -0.05) is 11.6 Å². The van der Waals surface area contributed by atoms with Crippen LogP contribution in [-0.4, -0.2) is 13.1 Å². The second kappa shape index (κ2) is 3.79. The molecule has 0 radical (unpaired) electrons. The molecule has 0 aromatic heterocycles. The lowest BCUT2D eigenvalue weighted by Gasteiger charge is -2.07. The number of halogens is 3. The van der Waals surface area contributed by atoms with Crippen molar-refractivity contribution >= 4 is 23.3 Å². The summed E-state index contributed by atoms with van der Waals surface area (Å²) in [5.74, 6) is -3.68. The van der Waals surface area contributed by atoms with Crippen molar-refractivity contribution in [1.29, 1.82) is 0 Å².